The minimum atomic E-state index is -0.319. The first-order chi connectivity index (χ1) is 11.1. The van der Waals surface area contributed by atoms with Gasteiger partial charge in [0.25, 0.3) is 5.56 Å². The molecule has 2 heterocycles. The van der Waals surface area contributed by atoms with Crippen LogP contribution in [-0.2, 0) is 16.0 Å². The van der Waals surface area contributed by atoms with Crippen LogP contribution in [-0.4, -0.2) is 39.0 Å². The summed E-state index contributed by atoms with van der Waals surface area (Å²) in [6.07, 6.45) is 3.14. The standard InChI is InChI=1S/C15H25N5O3/c1-4-10(7-11(22-5-2)23-6-3)8-20-9-17-12-13(20)18-15(16)19-14(12)21/h9-11H,4-8H2,1-3H3,(H3,16,18,19,21)/t10-/m1/s1. The van der Waals surface area contributed by atoms with Crippen molar-refractivity contribution in [1.82, 2.24) is 19.5 Å². The normalized spacial score (nSPS) is 13.0. The number of nitrogens with zero attached hydrogens (tertiary/aromatic N) is 3. The first-order valence-electron chi connectivity index (χ1n) is 8.02. The molecule has 0 bridgehead atoms. The van der Waals surface area contributed by atoms with Crippen LogP contribution in [0.4, 0.5) is 5.95 Å². The van der Waals surface area contributed by atoms with Crippen molar-refractivity contribution in [3.63, 3.8) is 0 Å². The number of nitrogens with two attached hydrogens (primary N) is 1. The Kier molecular flexibility index (Phi) is 6.12. The average Bonchev–Trinajstić information content (AvgIpc) is 2.90. The van der Waals surface area contributed by atoms with E-state index >= 15 is 0 Å². The smallest absolute Gasteiger partial charge is 0.280 e. The zero-order valence-corrected chi connectivity index (χ0v) is 13.9. The summed E-state index contributed by atoms with van der Waals surface area (Å²) in [6, 6.07) is 0. The fourth-order valence-electron chi connectivity index (χ4n) is 2.58. The number of aromatic amines is 1. The van der Waals surface area contributed by atoms with Crippen LogP contribution >= 0.6 is 0 Å². The molecule has 0 aliphatic rings. The van der Waals surface area contributed by atoms with Crippen molar-refractivity contribution in [3.05, 3.63) is 16.7 Å². The van der Waals surface area contributed by atoms with Crippen molar-refractivity contribution in [3.8, 4) is 0 Å². The van der Waals surface area contributed by atoms with Gasteiger partial charge >= 0.3 is 0 Å². The quantitative estimate of drug-likeness (QED) is 0.677. The second-order valence-corrected chi connectivity index (χ2v) is 5.37. The molecule has 0 aliphatic carbocycles. The molecular weight excluding hydrogens is 298 g/mol. The summed E-state index contributed by atoms with van der Waals surface area (Å²) in [5, 5.41) is 0. The van der Waals surface area contributed by atoms with Gasteiger partial charge in [-0.25, -0.2) is 4.98 Å². The van der Waals surface area contributed by atoms with E-state index in [1.165, 1.54) is 0 Å². The van der Waals surface area contributed by atoms with Crippen LogP contribution in [0.3, 0.4) is 0 Å². The third-order valence-corrected chi connectivity index (χ3v) is 3.76. The number of imidazole rings is 1. The fraction of sp³-hybridized carbons (Fsp3) is 0.667. The lowest BCUT2D eigenvalue weighted by atomic mass is 10.0. The molecule has 2 aromatic heterocycles. The summed E-state index contributed by atoms with van der Waals surface area (Å²) < 4.78 is 13.1. The predicted octanol–water partition coefficient (Wildman–Crippen LogP) is 1.52. The van der Waals surface area contributed by atoms with Crippen molar-refractivity contribution in [2.75, 3.05) is 18.9 Å². The van der Waals surface area contributed by atoms with E-state index in [-0.39, 0.29) is 17.8 Å². The molecule has 8 heteroatoms. The molecule has 0 aromatic carbocycles. The summed E-state index contributed by atoms with van der Waals surface area (Å²) >= 11 is 0. The molecular formula is C15H25N5O3. The molecule has 0 saturated carbocycles. The van der Waals surface area contributed by atoms with Gasteiger partial charge in [0.1, 0.15) is 0 Å². The van der Waals surface area contributed by atoms with Gasteiger partial charge in [0.2, 0.25) is 5.95 Å². The third kappa shape index (κ3) is 4.29. The van der Waals surface area contributed by atoms with E-state index in [2.05, 4.69) is 21.9 Å². The molecule has 0 aliphatic heterocycles. The van der Waals surface area contributed by atoms with E-state index in [1.807, 2.05) is 18.4 Å². The Labute approximate surface area is 135 Å². The molecule has 0 unspecified atom stereocenters. The average molecular weight is 323 g/mol. The SMILES string of the molecule is CCOC(C[C@@H](CC)Cn1cnc2c(=O)[nH]c(N)nc21)OCC. The highest BCUT2D eigenvalue weighted by atomic mass is 16.7. The fourth-order valence-corrected chi connectivity index (χ4v) is 2.58. The molecule has 23 heavy (non-hydrogen) atoms. The second kappa shape index (κ2) is 8.07. The molecule has 0 fully saturated rings. The highest BCUT2D eigenvalue weighted by Gasteiger charge is 2.18. The number of H-pyrrole nitrogens is 1. The number of fused-ring (bicyclic) bond motifs is 1. The summed E-state index contributed by atoms with van der Waals surface area (Å²) in [5.74, 6) is 0.414. The molecule has 2 rings (SSSR count). The van der Waals surface area contributed by atoms with Gasteiger partial charge in [-0.1, -0.05) is 13.3 Å². The van der Waals surface area contributed by atoms with Gasteiger partial charge in [-0.2, -0.15) is 4.98 Å². The number of rotatable bonds is 9. The number of ether oxygens (including phenoxy) is 2. The van der Waals surface area contributed by atoms with Gasteiger partial charge in [0.05, 0.1) is 6.33 Å². The van der Waals surface area contributed by atoms with Crippen molar-refractivity contribution in [2.45, 2.75) is 46.4 Å². The summed E-state index contributed by atoms with van der Waals surface area (Å²) in [6.45, 7) is 7.93. The summed E-state index contributed by atoms with van der Waals surface area (Å²) in [5.41, 5.74) is 6.12. The van der Waals surface area contributed by atoms with E-state index in [1.54, 1.807) is 6.33 Å². The van der Waals surface area contributed by atoms with Crippen LogP contribution in [0.15, 0.2) is 11.1 Å². The number of nitrogens with one attached hydrogen (secondary N) is 1. The van der Waals surface area contributed by atoms with Crippen molar-refractivity contribution in [1.29, 1.82) is 0 Å². The zero-order valence-electron chi connectivity index (χ0n) is 13.9. The molecule has 128 valence electrons. The molecule has 2 aromatic rings. The Balaban J connectivity index is 2.17. The minimum Gasteiger partial charge on any atom is -0.369 e. The largest absolute Gasteiger partial charge is 0.369 e. The van der Waals surface area contributed by atoms with Gasteiger partial charge in [-0.05, 0) is 19.8 Å². The van der Waals surface area contributed by atoms with Crippen LogP contribution in [0.25, 0.3) is 11.2 Å². The van der Waals surface area contributed by atoms with Crippen LogP contribution in [0.5, 0.6) is 0 Å². The van der Waals surface area contributed by atoms with Crippen LogP contribution in [0.2, 0.25) is 0 Å². The van der Waals surface area contributed by atoms with E-state index in [0.29, 0.717) is 36.8 Å². The summed E-state index contributed by atoms with van der Waals surface area (Å²) in [7, 11) is 0. The van der Waals surface area contributed by atoms with Crippen LogP contribution in [0, 0.1) is 5.92 Å². The predicted molar refractivity (Wildman–Crippen MR) is 88.0 cm³/mol. The number of nitrogen functional groups attached to an aromatic ring is 1. The van der Waals surface area contributed by atoms with E-state index in [4.69, 9.17) is 15.2 Å². The Morgan fingerprint density at radius 2 is 2.00 bits per heavy atom. The van der Waals surface area contributed by atoms with E-state index in [0.717, 1.165) is 12.8 Å². The molecule has 0 amide bonds. The molecule has 8 nitrogen and oxygen atoms in total. The number of aromatic nitrogens is 4. The molecule has 0 saturated heterocycles. The monoisotopic (exact) mass is 323 g/mol. The van der Waals surface area contributed by atoms with Crippen molar-refractivity contribution < 1.29 is 9.47 Å². The summed E-state index contributed by atoms with van der Waals surface area (Å²) in [4.78, 5) is 22.6. The van der Waals surface area contributed by atoms with E-state index < -0.39 is 0 Å². The molecule has 0 radical (unpaired) electrons. The maximum atomic E-state index is 11.8. The van der Waals surface area contributed by atoms with Gasteiger partial charge in [0.15, 0.2) is 17.5 Å². The van der Waals surface area contributed by atoms with Gasteiger partial charge in [-0.3, -0.25) is 9.78 Å². The van der Waals surface area contributed by atoms with Gasteiger partial charge in [-0.15, -0.1) is 0 Å². The Morgan fingerprint density at radius 3 is 2.61 bits per heavy atom. The first-order valence-corrected chi connectivity index (χ1v) is 8.02. The van der Waals surface area contributed by atoms with Crippen molar-refractivity contribution >= 4 is 17.1 Å². The topological polar surface area (TPSA) is 108 Å². The van der Waals surface area contributed by atoms with Crippen molar-refractivity contribution in [2.24, 2.45) is 5.92 Å². The maximum absolute atomic E-state index is 11.8. The van der Waals surface area contributed by atoms with Crippen LogP contribution < -0.4 is 11.3 Å². The maximum Gasteiger partial charge on any atom is 0.280 e. The van der Waals surface area contributed by atoms with Crippen LogP contribution in [0.1, 0.15) is 33.6 Å². The first kappa shape index (κ1) is 17.4. The number of hydrogen-bond acceptors (Lipinski definition) is 6. The highest BCUT2D eigenvalue weighted by Crippen LogP contribution is 2.19. The minimum absolute atomic E-state index is 0.0961. The lowest BCUT2D eigenvalue weighted by Gasteiger charge is -2.23. The third-order valence-electron chi connectivity index (χ3n) is 3.76. The number of anilines is 1. The Bertz CT molecular complexity index is 675. The van der Waals surface area contributed by atoms with Gasteiger partial charge < -0.3 is 19.8 Å². The molecule has 1 atom stereocenters. The van der Waals surface area contributed by atoms with Gasteiger partial charge in [0, 0.05) is 26.2 Å². The molecule has 0 spiro atoms. The Hall–Kier alpha value is -1.93. The second-order valence-electron chi connectivity index (χ2n) is 5.37. The Morgan fingerprint density at radius 1 is 1.30 bits per heavy atom. The number of hydrogen-bond donors (Lipinski definition) is 2. The van der Waals surface area contributed by atoms with E-state index in [9.17, 15) is 4.79 Å². The molecule has 3 N–H and O–H groups in total. The lowest BCUT2D eigenvalue weighted by molar-refractivity contribution is -0.146. The zero-order chi connectivity index (χ0) is 16.8. The highest BCUT2D eigenvalue weighted by molar-refractivity contribution is 5.70. The lowest BCUT2D eigenvalue weighted by Crippen LogP contribution is -2.23.